The van der Waals surface area contributed by atoms with Crippen LogP contribution < -0.4 is 0 Å². The number of ether oxygens (including phenoxy) is 1. The summed E-state index contributed by atoms with van der Waals surface area (Å²) in [6.45, 7) is 0. The molecule has 0 heterocycles. The lowest BCUT2D eigenvalue weighted by Gasteiger charge is -2.34. The third-order valence-electron chi connectivity index (χ3n) is 3.90. The Kier molecular flexibility index (Phi) is 4.03. The zero-order chi connectivity index (χ0) is 15.4. The maximum atomic E-state index is 13.8. The summed E-state index contributed by atoms with van der Waals surface area (Å²) in [5.41, 5.74) is 1.88. The number of hydrogen-bond acceptors (Lipinski definition) is 1. The highest BCUT2D eigenvalue weighted by molar-refractivity contribution is 5.47. The number of hydrogen-bond donors (Lipinski definition) is 0. The van der Waals surface area contributed by atoms with Gasteiger partial charge in [0.1, 0.15) is 11.4 Å². The molecule has 0 saturated carbocycles. The maximum Gasteiger partial charge on any atom is 0.143 e. The second kappa shape index (κ2) is 6.12. The van der Waals surface area contributed by atoms with Gasteiger partial charge in [0.2, 0.25) is 0 Å². The van der Waals surface area contributed by atoms with Gasteiger partial charge >= 0.3 is 0 Å². The van der Waals surface area contributed by atoms with Gasteiger partial charge in [-0.1, -0.05) is 72.8 Å². The van der Waals surface area contributed by atoms with Crippen LogP contribution in [0.5, 0.6) is 0 Å². The van der Waals surface area contributed by atoms with Gasteiger partial charge in [0.15, 0.2) is 0 Å². The average molecular weight is 292 g/mol. The number of benzene rings is 3. The van der Waals surface area contributed by atoms with Crippen LogP contribution in [0, 0.1) is 5.82 Å². The van der Waals surface area contributed by atoms with Crippen molar-refractivity contribution in [2.75, 3.05) is 7.11 Å². The Morgan fingerprint density at radius 3 is 1.64 bits per heavy atom. The Labute approximate surface area is 130 Å². The monoisotopic (exact) mass is 292 g/mol. The molecule has 0 bridgehead atoms. The van der Waals surface area contributed by atoms with E-state index in [0.717, 1.165) is 16.7 Å². The normalized spacial score (nSPS) is 11.4. The van der Waals surface area contributed by atoms with E-state index in [-0.39, 0.29) is 5.82 Å². The minimum atomic E-state index is -0.829. The van der Waals surface area contributed by atoms with Gasteiger partial charge in [0, 0.05) is 7.11 Å². The highest BCUT2D eigenvalue weighted by Gasteiger charge is 2.36. The van der Waals surface area contributed by atoms with E-state index in [9.17, 15) is 4.39 Å². The van der Waals surface area contributed by atoms with Crippen molar-refractivity contribution < 1.29 is 9.13 Å². The van der Waals surface area contributed by atoms with Gasteiger partial charge in [-0.05, 0) is 28.8 Å². The van der Waals surface area contributed by atoms with Gasteiger partial charge in [-0.2, -0.15) is 0 Å². The summed E-state index contributed by atoms with van der Waals surface area (Å²) in [5.74, 6) is -0.272. The molecule has 0 spiro atoms. The zero-order valence-electron chi connectivity index (χ0n) is 12.4. The lowest BCUT2D eigenvalue weighted by Crippen LogP contribution is -2.31. The first-order valence-electron chi connectivity index (χ1n) is 7.19. The molecular weight excluding hydrogens is 275 g/mol. The molecule has 3 aromatic rings. The lowest BCUT2D eigenvalue weighted by molar-refractivity contribution is 0.0582. The Balaban J connectivity index is 2.31. The molecular formula is C20H17FO. The van der Waals surface area contributed by atoms with Crippen molar-refractivity contribution in [2.24, 2.45) is 0 Å². The number of rotatable bonds is 4. The maximum absolute atomic E-state index is 13.8. The molecule has 110 valence electrons. The van der Waals surface area contributed by atoms with Crippen molar-refractivity contribution in [3.05, 3.63) is 107 Å². The van der Waals surface area contributed by atoms with Crippen LogP contribution in [0.25, 0.3) is 0 Å². The van der Waals surface area contributed by atoms with E-state index in [1.807, 2.05) is 66.7 Å². The largest absolute Gasteiger partial charge is 0.364 e. The molecule has 0 radical (unpaired) electrons. The molecule has 3 rings (SSSR count). The Hall–Kier alpha value is -2.45. The van der Waals surface area contributed by atoms with Crippen LogP contribution in [0.4, 0.5) is 4.39 Å². The first-order valence-corrected chi connectivity index (χ1v) is 7.19. The first-order chi connectivity index (χ1) is 10.8. The van der Waals surface area contributed by atoms with Crippen LogP contribution in [-0.4, -0.2) is 7.11 Å². The quantitative estimate of drug-likeness (QED) is 0.630. The summed E-state index contributed by atoms with van der Waals surface area (Å²) in [6.07, 6.45) is 0. The molecule has 0 atom stereocenters. The Bertz CT molecular complexity index is 698. The van der Waals surface area contributed by atoms with Crippen molar-refractivity contribution in [1.29, 1.82) is 0 Å². The predicted molar refractivity (Wildman–Crippen MR) is 86.2 cm³/mol. The van der Waals surface area contributed by atoms with Crippen LogP contribution >= 0.6 is 0 Å². The molecule has 0 aliphatic rings. The van der Waals surface area contributed by atoms with E-state index >= 15 is 0 Å². The van der Waals surface area contributed by atoms with Gasteiger partial charge in [0.05, 0.1) is 0 Å². The predicted octanol–water partition coefficient (Wildman–Crippen LogP) is 4.76. The summed E-state index contributed by atoms with van der Waals surface area (Å²) in [6, 6.07) is 26.4. The van der Waals surface area contributed by atoms with E-state index in [1.54, 1.807) is 13.2 Å². The van der Waals surface area contributed by atoms with Crippen LogP contribution in [-0.2, 0) is 10.3 Å². The minimum Gasteiger partial charge on any atom is -0.364 e. The van der Waals surface area contributed by atoms with E-state index < -0.39 is 5.60 Å². The Morgan fingerprint density at radius 1 is 0.682 bits per heavy atom. The summed E-state index contributed by atoms with van der Waals surface area (Å²) in [7, 11) is 1.66. The van der Waals surface area contributed by atoms with Gasteiger partial charge in [-0.3, -0.25) is 0 Å². The molecule has 0 saturated heterocycles. The number of halogens is 1. The van der Waals surface area contributed by atoms with E-state index in [2.05, 4.69) is 0 Å². The molecule has 0 aromatic heterocycles. The fraction of sp³-hybridized carbons (Fsp3) is 0.100. The standard InChI is InChI=1S/C20H17FO/c1-22-20(16-9-4-2-5-10-16,17-11-6-3-7-12-17)18-13-8-14-19(21)15-18/h2-15H,1H3. The second-order valence-corrected chi connectivity index (χ2v) is 5.13. The summed E-state index contributed by atoms with van der Waals surface area (Å²) < 4.78 is 19.8. The fourth-order valence-electron chi connectivity index (χ4n) is 2.91. The van der Waals surface area contributed by atoms with Gasteiger partial charge in [0.25, 0.3) is 0 Å². The van der Waals surface area contributed by atoms with Crippen LogP contribution in [0.1, 0.15) is 16.7 Å². The molecule has 3 aromatic carbocycles. The van der Waals surface area contributed by atoms with Crippen molar-refractivity contribution >= 4 is 0 Å². The van der Waals surface area contributed by atoms with Crippen molar-refractivity contribution in [2.45, 2.75) is 5.60 Å². The van der Waals surface area contributed by atoms with Crippen molar-refractivity contribution in [1.82, 2.24) is 0 Å². The number of methoxy groups -OCH3 is 1. The fourth-order valence-corrected chi connectivity index (χ4v) is 2.91. The van der Waals surface area contributed by atoms with E-state index in [1.165, 1.54) is 12.1 Å². The third kappa shape index (κ3) is 2.42. The topological polar surface area (TPSA) is 9.23 Å². The molecule has 0 amide bonds. The van der Waals surface area contributed by atoms with Crippen molar-refractivity contribution in [3.63, 3.8) is 0 Å². The molecule has 0 N–H and O–H groups in total. The summed E-state index contributed by atoms with van der Waals surface area (Å²) >= 11 is 0. The third-order valence-corrected chi connectivity index (χ3v) is 3.90. The van der Waals surface area contributed by atoms with Gasteiger partial charge in [-0.25, -0.2) is 4.39 Å². The molecule has 2 heteroatoms. The lowest BCUT2D eigenvalue weighted by atomic mass is 9.80. The van der Waals surface area contributed by atoms with Gasteiger partial charge < -0.3 is 4.74 Å². The van der Waals surface area contributed by atoms with Crippen LogP contribution in [0.15, 0.2) is 84.9 Å². The zero-order valence-corrected chi connectivity index (χ0v) is 12.4. The molecule has 0 aliphatic heterocycles. The average Bonchev–Trinajstić information content (AvgIpc) is 2.58. The summed E-state index contributed by atoms with van der Waals surface area (Å²) in [5, 5.41) is 0. The van der Waals surface area contributed by atoms with Crippen molar-refractivity contribution in [3.8, 4) is 0 Å². The second-order valence-electron chi connectivity index (χ2n) is 5.13. The van der Waals surface area contributed by atoms with E-state index in [4.69, 9.17) is 4.74 Å². The van der Waals surface area contributed by atoms with Crippen LogP contribution in [0.2, 0.25) is 0 Å². The van der Waals surface area contributed by atoms with Gasteiger partial charge in [-0.15, -0.1) is 0 Å². The molecule has 0 fully saturated rings. The molecule has 22 heavy (non-hydrogen) atoms. The molecule has 1 nitrogen and oxygen atoms in total. The van der Waals surface area contributed by atoms with Crippen LogP contribution in [0.3, 0.4) is 0 Å². The smallest absolute Gasteiger partial charge is 0.143 e. The Morgan fingerprint density at radius 2 is 1.18 bits per heavy atom. The van der Waals surface area contributed by atoms with E-state index in [0.29, 0.717) is 0 Å². The summed E-state index contributed by atoms with van der Waals surface area (Å²) in [4.78, 5) is 0. The SMILES string of the molecule is COC(c1ccccc1)(c1ccccc1)c1cccc(F)c1. The first kappa shape index (κ1) is 14.5. The molecule has 0 aliphatic carbocycles. The molecule has 0 unspecified atom stereocenters. The minimum absolute atomic E-state index is 0.272. The highest BCUT2D eigenvalue weighted by Crippen LogP contribution is 2.39. The highest BCUT2D eigenvalue weighted by atomic mass is 19.1.